The van der Waals surface area contributed by atoms with E-state index in [4.69, 9.17) is 0 Å². The minimum absolute atomic E-state index is 0.0152. The molecule has 2 N–H and O–H groups in total. The summed E-state index contributed by atoms with van der Waals surface area (Å²) >= 11 is 1.11. The zero-order chi connectivity index (χ0) is 29.5. The number of para-hydroxylation sites is 1. The number of hydrogen-bond acceptors (Lipinski definition) is 5. The van der Waals surface area contributed by atoms with Crippen LogP contribution in [0.4, 0.5) is 25.0 Å². The van der Waals surface area contributed by atoms with Gasteiger partial charge in [0.2, 0.25) is 0 Å². The van der Waals surface area contributed by atoms with Crippen molar-refractivity contribution in [3.05, 3.63) is 87.5 Å². The Balaban J connectivity index is 1.56. The standard InChI is InChI=1S/C30H30F2N4O4S/c1-30(2,3)36(29(39)40)20-13-15-34(16-14-20)27(38)26-25(33-23-11-9-18(31)17-22(23)32)21-10-12-24(37)35(28(21)41-26)19-7-5-4-6-8-19/h4-12,17,20,33H,13-16H2,1-3H3,(H,39,40). The van der Waals surface area contributed by atoms with Crippen LogP contribution in [-0.4, -0.2) is 56.1 Å². The highest BCUT2D eigenvalue weighted by molar-refractivity contribution is 7.21. The van der Waals surface area contributed by atoms with Gasteiger partial charge in [0.15, 0.2) is 0 Å². The average Bonchev–Trinajstić information content (AvgIpc) is 3.27. The van der Waals surface area contributed by atoms with Crippen LogP contribution in [0.15, 0.2) is 65.5 Å². The molecule has 4 aromatic rings. The number of amides is 2. The smallest absolute Gasteiger partial charge is 0.407 e. The van der Waals surface area contributed by atoms with Gasteiger partial charge in [-0.3, -0.25) is 14.2 Å². The molecule has 0 unspecified atom stereocenters. The highest BCUT2D eigenvalue weighted by Gasteiger charge is 2.37. The van der Waals surface area contributed by atoms with Gasteiger partial charge in [0.25, 0.3) is 11.5 Å². The number of carbonyl (C=O) groups excluding carboxylic acids is 1. The molecular formula is C30H30F2N4O4S. The lowest BCUT2D eigenvalue weighted by atomic mass is 9.97. The third-order valence-corrected chi connectivity index (χ3v) is 8.37. The minimum atomic E-state index is -1.00. The molecule has 214 valence electrons. The molecule has 11 heteroatoms. The maximum atomic E-state index is 14.7. The summed E-state index contributed by atoms with van der Waals surface area (Å²) in [5.74, 6) is -1.87. The van der Waals surface area contributed by atoms with E-state index >= 15 is 0 Å². The van der Waals surface area contributed by atoms with E-state index in [9.17, 15) is 28.3 Å². The highest BCUT2D eigenvalue weighted by Crippen LogP contribution is 2.39. The fourth-order valence-corrected chi connectivity index (χ4v) is 6.60. The summed E-state index contributed by atoms with van der Waals surface area (Å²) in [4.78, 5) is 42.8. The molecule has 0 bridgehead atoms. The van der Waals surface area contributed by atoms with E-state index in [1.807, 2.05) is 26.8 Å². The maximum absolute atomic E-state index is 14.7. The van der Waals surface area contributed by atoms with E-state index in [-0.39, 0.29) is 28.1 Å². The Labute approximate surface area is 239 Å². The molecule has 0 radical (unpaired) electrons. The normalized spacial score (nSPS) is 14.3. The summed E-state index contributed by atoms with van der Waals surface area (Å²) in [6.45, 7) is 6.18. The monoisotopic (exact) mass is 580 g/mol. The SMILES string of the molecule is CC(C)(C)N(C(=O)O)C1CCN(C(=O)c2sc3c(ccc(=O)n3-c3ccccc3)c2Nc2ccc(F)cc2F)CC1. The van der Waals surface area contributed by atoms with Crippen LogP contribution in [-0.2, 0) is 0 Å². The number of thiophene rings is 1. The van der Waals surface area contributed by atoms with Crippen molar-refractivity contribution in [2.75, 3.05) is 18.4 Å². The fourth-order valence-electron chi connectivity index (χ4n) is 5.37. The lowest BCUT2D eigenvalue weighted by molar-refractivity contribution is 0.0386. The van der Waals surface area contributed by atoms with E-state index < -0.39 is 23.3 Å². The largest absolute Gasteiger partial charge is 0.465 e. The first-order valence-electron chi connectivity index (χ1n) is 13.2. The molecule has 0 saturated carbocycles. The molecule has 0 spiro atoms. The molecule has 2 aromatic carbocycles. The molecule has 0 atom stereocenters. The minimum Gasteiger partial charge on any atom is -0.465 e. The van der Waals surface area contributed by atoms with E-state index in [1.54, 1.807) is 35.2 Å². The van der Waals surface area contributed by atoms with Crippen molar-refractivity contribution in [1.29, 1.82) is 0 Å². The number of aromatic nitrogens is 1. The van der Waals surface area contributed by atoms with Gasteiger partial charge in [-0.1, -0.05) is 18.2 Å². The molecule has 2 aromatic heterocycles. The van der Waals surface area contributed by atoms with Crippen LogP contribution in [0.2, 0.25) is 0 Å². The molecule has 1 aliphatic rings. The van der Waals surface area contributed by atoms with E-state index in [1.165, 1.54) is 21.6 Å². The predicted molar refractivity (Wildman–Crippen MR) is 156 cm³/mol. The van der Waals surface area contributed by atoms with E-state index in [2.05, 4.69) is 5.32 Å². The van der Waals surface area contributed by atoms with Crippen LogP contribution in [0.5, 0.6) is 0 Å². The Kier molecular flexibility index (Phi) is 7.56. The van der Waals surface area contributed by atoms with Crippen molar-refractivity contribution in [2.24, 2.45) is 0 Å². The van der Waals surface area contributed by atoms with Crippen LogP contribution >= 0.6 is 11.3 Å². The first-order chi connectivity index (χ1) is 19.5. The average molecular weight is 581 g/mol. The summed E-state index contributed by atoms with van der Waals surface area (Å²) in [5.41, 5.74) is 0.0265. The van der Waals surface area contributed by atoms with Crippen molar-refractivity contribution in [2.45, 2.75) is 45.2 Å². The lowest BCUT2D eigenvalue weighted by Gasteiger charge is -2.43. The number of anilines is 2. The van der Waals surface area contributed by atoms with E-state index in [0.717, 1.165) is 23.5 Å². The number of nitrogens with zero attached hydrogens (tertiary/aromatic N) is 3. The molecule has 2 amide bonds. The molecule has 8 nitrogen and oxygen atoms in total. The lowest BCUT2D eigenvalue weighted by Crippen LogP contribution is -2.55. The van der Waals surface area contributed by atoms with Gasteiger partial charge >= 0.3 is 6.09 Å². The first kappa shape index (κ1) is 28.3. The van der Waals surface area contributed by atoms with Gasteiger partial charge in [-0.15, -0.1) is 11.3 Å². The number of halogens is 2. The van der Waals surface area contributed by atoms with Gasteiger partial charge in [-0.05, 0) is 63.9 Å². The topological polar surface area (TPSA) is 94.9 Å². The quantitative estimate of drug-likeness (QED) is 0.283. The van der Waals surface area contributed by atoms with Gasteiger partial charge in [-0.25, -0.2) is 13.6 Å². The third-order valence-electron chi connectivity index (χ3n) is 7.19. The van der Waals surface area contributed by atoms with Crippen LogP contribution in [0.25, 0.3) is 15.9 Å². The number of hydrogen-bond donors (Lipinski definition) is 2. The number of fused-ring (bicyclic) bond motifs is 1. The second kappa shape index (κ2) is 11.0. The van der Waals surface area contributed by atoms with Gasteiger partial charge in [0, 0.05) is 42.2 Å². The van der Waals surface area contributed by atoms with Crippen molar-refractivity contribution in [3.8, 4) is 5.69 Å². The van der Waals surface area contributed by atoms with Crippen molar-refractivity contribution in [1.82, 2.24) is 14.4 Å². The zero-order valence-electron chi connectivity index (χ0n) is 22.9. The first-order valence-corrected chi connectivity index (χ1v) is 14.0. The van der Waals surface area contributed by atoms with Gasteiger partial charge in [-0.2, -0.15) is 0 Å². The van der Waals surface area contributed by atoms with E-state index in [0.29, 0.717) is 47.5 Å². The van der Waals surface area contributed by atoms with Crippen LogP contribution in [0, 0.1) is 11.6 Å². The number of pyridine rings is 1. The summed E-state index contributed by atoms with van der Waals surface area (Å²) in [6.07, 6.45) is -0.0762. The Hall–Kier alpha value is -4.25. The molecular weight excluding hydrogens is 550 g/mol. The maximum Gasteiger partial charge on any atom is 0.407 e. The second-order valence-electron chi connectivity index (χ2n) is 11.0. The van der Waals surface area contributed by atoms with Crippen LogP contribution in [0.3, 0.4) is 0 Å². The number of carbonyl (C=O) groups is 2. The molecule has 5 rings (SSSR count). The number of nitrogens with one attached hydrogen (secondary N) is 1. The molecule has 1 aliphatic heterocycles. The molecule has 1 fully saturated rings. The summed E-state index contributed by atoms with van der Waals surface area (Å²) < 4.78 is 29.8. The van der Waals surface area contributed by atoms with Crippen LogP contribution < -0.4 is 10.9 Å². The summed E-state index contributed by atoms with van der Waals surface area (Å²) in [5, 5.41) is 13.3. The predicted octanol–water partition coefficient (Wildman–Crippen LogP) is 6.46. The number of piperidine rings is 1. The van der Waals surface area contributed by atoms with Crippen molar-refractivity contribution in [3.63, 3.8) is 0 Å². The van der Waals surface area contributed by atoms with Crippen molar-refractivity contribution < 1.29 is 23.5 Å². The Morgan fingerprint density at radius 3 is 2.32 bits per heavy atom. The number of benzene rings is 2. The number of carboxylic acid groups (broad SMARTS) is 1. The van der Waals surface area contributed by atoms with Gasteiger partial charge in [0.1, 0.15) is 21.3 Å². The molecule has 0 aliphatic carbocycles. The summed E-state index contributed by atoms with van der Waals surface area (Å²) in [6, 6.07) is 14.9. The van der Waals surface area contributed by atoms with Gasteiger partial charge < -0.3 is 20.2 Å². The zero-order valence-corrected chi connectivity index (χ0v) is 23.7. The van der Waals surface area contributed by atoms with Gasteiger partial charge in [0.05, 0.1) is 17.1 Å². The van der Waals surface area contributed by atoms with Crippen LogP contribution in [0.1, 0.15) is 43.3 Å². The molecule has 3 heterocycles. The summed E-state index contributed by atoms with van der Waals surface area (Å²) in [7, 11) is 0. The second-order valence-corrected chi connectivity index (χ2v) is 12.0. The highest BCUT2D eigenvalue weighted by atomic mass is 32.1. The Morgan fingerprint density at radius 2 is 1.71 bits per heavy atom. The molecule has 1 saturated heterocycles. The number of rotatable bonds is 5. The third kappa shape index (κ3) is 5.54. The fraction of sp³-hybridized carbons (Fsp3) is 0.300. The molecule has 41 heavy (non-hydrogen) atoms. The van der Waals surface area contributed by atoms with Crippen molar-refractivity contribution >= 4 is 44.9 Å². The Morgan fingerprint density at radius 1 is 1.02 bits per heavy atom. The number of likely N-dealkylation sites (tertiary alicyclic amines) is 1. The Bertz CT molecular complexity index is 1670.